The highest BCUT2D eigenvalue weighted by Gasteiger charge is 2.19. The number of thiophene rings is 1. The van der Waals surface area contributed by atoms with Crippen molar-refractivity contribution in [2.75, 3.05) is 5.73 Å². The minimum atomic E-state index is -0.349. The molecule has 106 valence electrons. The largest absolute Gasteiger partial charge is 0.397 e. The van der Waals surface area contributed by atoms with E-state index in [9.17, 15) is 4.79 Å². The van der Waals surface area contributed by atoms with E-state index in [1.165, 1.54) is 42.6 Å². The van der Waals surface area contributed by atoms with Crippen LogP contribution in [0, 0.1) is 0 Å². The summed E-state index contributed by atoms with van der Waals surface area (Å²) in [5.74, 6) is 4.84. The standard InChI is InChI=1S/C14H18N4OS/c15-11-9-7-8-5-3-1-2-4-6-10(8)17-14(9)20-12(11)13(19)18-16/h7H,1-6,15-16H2,(H,18,19). The highest BCUT2D eigenvalue weighted by atomic mass is 32.1. The van der Waals surface area contributed by atoms with Gasteiger partial charge < -0.3 is 5.73 Å². The molecule has 0 fully saturated rings. The van der Waals surface area contributed by atoms with Crippen molar-refractivity contribution in [1.82, 2.24) is 10.4 Å². The van der Waals surface area contributed by atoms with Crippen molar-refractivity contribution in [2.24, 2.45) is 5.84 Å². The van der Waals surface area contributed by atoms with Crippen LogP contribution in [0.3, 0.4) is 0 Å². The van der Waals surface area contributed by atoms with Gasteiger partial charge in [-0.1, -0.05) is 12.8 Å². The summed E-state index contributed by atoms with van der Waals surface area (Å²) in [6, 6.07) is 2.11. The zero-order valence-corrected chi connectivity index (χ0v) is 12.1. The first-order valence-corrected chi connectivity index (χ1v) is 7.74. The number of fused-ring (bicyclic) bond motifs is 2. The van der Waals surface area contributed by atoms with Gasteiger partial charge in [-0.3, -0.25) is 10.2 Å². The van der Waals surface area contributed by atoms with Crippen molar-refractivity contribution in [3.63, 3.8) is 0 Å². The van der Waals surface area contributed by atoms with Gasteiger partial charge in [0.05, 0.1) is 5.69 Å². The summed E-state index contributed by atoms with van der Waals surface area (Å²) in [5, 5.41) is 0.882. The molecule has 0 atom stereocenters. The molecule has 0 aromatic carbocycles. The van der Waals surface area contributed by atoms with Gasteiger partial charge in [-0.25, -0.2) is 10.8 Å². The molecule has 1 aliphatic carbocycles. The van der Waals surface area contributed by atoms with Crippen molar-refractivity contribution in [1.29, 1.82) is 0 Å². The molecule has 2 heterocycles. The number of aromatic nitrogens is 1. The first kappa shape index (κ1) is 13.3. The first-order chi connectivity index (χ1) is 9.70. The molecule has 0 spiro atoms. The number of carbonyl (C=O) groups is 1. The fourth-order valence-electron chi connectivity index (χ4n) is 2.75. The normalized spacial score (nSPS) is 15.4. The van der Waals surface area contributed by atoms with Crippen LogP contribution in [-0.4, -0.2) is 10.9 Å². The fourth-order valence-corrected chi connectivity index (χ4v) is 3.75. The molecule has 5 nitrogen and oxygen atoms in total. The maximum absolute atomic E-state index is 11.7. The second-order valence-electron chi connectivity index (χ2n) is 5.18. The van der Waals surface area contributed by atoms with Crippen LogP contribution < -0.4 is 17.0 Å². The number of hydrogen-bond donors (Lipinski definition) is 3. The lowest BCUT2D eigenvalue weighted by Crippen LogP contribution is -2.29. The second kappa shape index (κ2) is 5.38. The molecule has 3 rings (SSSR count). The van der Waals surface area contributed by atoms with E-state index in [2.05, 4.69) is 11.5 Å². The Labute approximate surface area is 121 Å². The highest BCUT2D eigenvalue weighted by molar-refractivity contribution is 7.21. The van der Waals surface area contributed by atoms with Gasteiger partial charge >= 0.3 is 0 Å². The van der Waals surface area contributed by atoms with Crippen LogP contribution in [0.15, 0.2) is 6.07 Å². The molecular formula is C14H18N4OS. The molecule has 2 aromatic heterocycles. The van der Waals surface area contributed by atoms with Crippen LogP contribution in [0.1, 0.15) is 46.6 Å². The number of nitrogens with one attached hydrogen (secondary N) is 1. The monoisotopic (exact) mass is 290 g/mol. The van der Waals surface area contributed by atoms with Crippen LogP contribution in [0.2, 0.25) is 0 Å². The van der Waals surface area contributed by atoms with Crippen LogP contribution in [0.25, 0.3) is 10.2 Å². The lowest BCUT2D eigenvalue weighted by Gasteiger charge is -2.12. The van der Waals surface area contributed by atoms with Gasteiger partial charge in [-0.15, -0.1) is 11.3 Å². The van der Waals surface area contributed by atoms with Crippen molar-refractivity contribution in [3.05, 3.63) is 22.2 Å². The van der Waals surface area contributed by atoms with Crippen molar-refractivity contribution >= 4 is 33.1 Å². The molecular weight excluding hydrogens is 272 g/mol. The Kier molecular flexibility index (Phi) is 3.58. The summed E-state index contributed by atoms with van der Waals surface area (Å²) in [4.78, 5) is 17.7. The molecule has 1 amide bonds. The van der Waals surface area contributed by atoms with E-state index < -0.39 is 0 Å². The van der Waals surface area contributed by atoms with Crippen LogP contribution in [0.4, 0.5) is 5.69 Å². The summed E-state index contributed by atoms with van der Waals surface area (Å²) < 4.78 is 0. The molecule has 0 bridgehead atoms. The lowest BCUT2D eigenvalue weighted by molar-refractivity contribution is 0.0958. The molecule has 0 unspecified atom stereocenters. The SMILES string of the molecule is NNC(=O)c1sc2nc3c(cc2c1N)CCCCCC3. The average molecular weight is 290 g/mol. The number of anilines is 1. The number of hydrazine groups is 1. The number of amides is 1. The Balaban J connectivity index is 2.13. The number of rotatable bonds is 1. The second-order valence-corrected chi connectivity index (χ2v) is 6.18. The number of nitrogens with zero attached hydrogens (tertiary/aromatic N) is 1. The lowest BCUT2D eigenvalue weighted by atomic mass is 9.96. The Morgan fingerprint density at radius 2 is 2.00 bits per heavy atom. The molecule has 2 aromatic rings. The Bertz CT molecular complexity index is 665. The molecule has 20 heavy (non-hydrogen) atoms. The van der Waals surface area contributed by atoms with E-state index >= 15 is 0 Å². The zero-order valence-electron chi connectivity index (χ0n) is 11.2. The van der Waals surface area contributed by atoms with Gasteiger partial charge in [-0.05, 0) is 37.3 Å². The van der Waals surface area contributed by atoms with Crippen LogP contribution in [0.5, 0.6) is 0 Å². The van der Waals surface area contributed by atoms with Crippen LogP contribution in [-0.2, 0) is 12.8 Å². The third-order valence-electron chi connectivity index (χ3n) is 3.84. The van der Waals surface area contributed by atoms with Gasteiger partial charge in [0.2, 0.25) is 0 Å². The van der Waals surface area contributed by atoms with E-state index in [0.717, 1.165) is 28.8 Å². The summed E-state index contributed by atoms with van der Waals surface area (Å²) in [7, 11) is 0. The molecule has 0 radical (unpaired) electrons. The molecule has 1 aliphatic rings. The highest BCUT2D eigenvalue weighted by Crippen LogP contribution is 2.34. The van der Waals surface area contributed by atoms with E-state index in [1.54, 1.807) is 0 Å². The maximum Gasteiger partial charge on any atom is 0.277 e. The summed E-state index contributed by atoms with van der Waals surface area (Å²) in [5.41, 5.74) is 11.1. The smallest absolute Gasteiger partial charge is 0.277 e. The molecule has 0 aliphatic heterocycles. The van der Waals surface area contributed by atoms with E-state index in [4.69, 9.17) is 16.6 Å². The topological polar surface area (TPSA) is 94.0 Å². The Morgan fingerprint density at radius 3 is 2.75 bits per heavy atom. The fraction of sp³-hybridized carbons (Fsp3) is 0.429. The van der Waals surface area contributed by atoms with Gasteiger partial charge in [0.1, 0.15) is 9.71 Å². The van der Waals surface area contributed by atoms with Gasteiger partial charge in [0.15, 0.2) is 0 Å². The van der Waals surface area contributed by atoms with Crippen LogP contribution >= 0.6 is 11.3 Å². The van der Waals surface area contributed by atoms with Gasteiger partial charge in [-0.2, -0.15) is 0 Å². The predicted molar refractivity (Wildman–Crippen MR) is 81.6 cm³/mol. The number of nitrogens with two attached hydrogens (primary N) is 2. The average Bonchev–Trinajstić information content (AvgIpc) is 2.75. The number of carbonyl (C=O) groups excluding carboxylic acids is 1. The molecule has 5 N–H and O–H groups in total. The van der Waals surface area contributed by atoms with Crippen molar-refractivity contribution in [2.45, 2.75) is 38.5 Å². The maximum atomic E-state index is 11.7. The van der Waals surface area contributed by atoms with Crippen molar-refractivity contribution < 1.29 is 4.79 Å². The summed E-state index contributed by atoms with van der Waals surface area (Å²) in [6.45, 7) is 0. The molecule has 0 saturated heterocycles. The van der Waals surface area contributed by atoms with Gasteiger partial charge in [0, 0.05) is 11.1 Å². The third-order valence-corrected chi connectivity index (χ3v) is 4.95. The molecule has 0 saturated carbocycles. The first-order valence-electron chi connectivity index (χ1n) is 6.92. The Morgan fingerprint density at radius 1 is 1.25 bits per heavy atom. The summed E-state index contributed by atoms with van der Waals surface area (Å²) in [6.07, 6.45) is 6.99. The minimum absolute atomic E-state index is 0.349. The third kappa shape index (κ3) is 2.25. The summed E-state index contributed by atoms with van der Waals surface area (Å²) >= 11 is 1.31. The number of aryl methyl sites for hydroxylation is 2. The predicted octanol–water partition coefficient (Wildman–Crippen LogP) is 2.14. The number of pyridine rings is 1. The number of nitrogen functional groups attached to an aromatic ring is 2. The quantitative estimate of drug-likeness (QED) is 0.426. The molecule has 6 heteroatoms. The minimum Gasteiger partial charge on any atom is -0.397 e. The number of hydrogen-bond acceptors (Lipinski definition) is 5. The van der Waals surface area contributed by atoms with Crippen molar-refractivity contribution in [3.8, 4) is 0 Å². The van der Waals surface area contributed by atoms with Gasteiger partial charge in [0.25, 0.3) is 5.91 Å². The van der Waals surface area contributed by atoms with E-state index in [1.807, 2.05) is 0 Å². The van der Waals surface area contributed by atoms with E-state index in [-0.39, 0.29) is 5.91 Å². The Hall–Kier alpha value is -1.66. The zero-order chi connectivity index (χ0) is 14.1. The van der Waals surface area contributed by atoms with E-state index in [0.29, 0.717) is 10.6 Å².